The monoisotopic (exact) mass is 423 g/mol. The first-order chi connectivity index (χ1) is 14.8. The van der Waals surface area contributed by atoms with Crippen LogP contribution < -0.4 is 20.1 Å². The topological polar surface area (TPSA) is 107 Å². The van der Waals surface area contributed by atoms with E-state index in [4.69, 9.17) is 9.47 Å². The van der Waals surface area contributed by atoms with Crippen LogP contribution in [0.4, 0.5) is 11.4 Å². The fourth-order valence-corrected chi connectivity index (χ4v) is 3.00. The zero-order chi connectivity index (χ0) is 22.5. The van der Waals surface area contributed by atoms with Crippen LogP contribution in [0.5, 0.6) is 11.5 Å². The zero-order valence-electron chi connectivity index (χ0n) is 18.1. The van der Waals surface area contributed by atoms with Crippen molar-refractivity contribution in [2.75, 3.05) is 24.9 Å². The number of aryl methyl sites for hydroxylation is 1. The first-order valence-electron chi connectivity index (χ1n) is 9.63. The highest BCUT2D eigenvalue weighted by molar-refractivity contribution is 6.04. The Hall–Kier alpha value is -3.88. The normalized spacial score (nSPS) is 10.5. The Bertz CT molecular complexity index is 1100. The molecule has 0 radical (unpaired) electrons. The van der Waals surface area contributed by atoms with Gasteiger partial charge in [-0.1, -0.05) is 17.3 Å². The molecule has 9 nitrogen and oxygen atoms in total. The van der Waals surface area contributed by atoms with Crippen molar-refractivity contribution < 1.29 is 19.1 Å². The van der Waals surface area contributed by atoms with Gasteiger partial charge in [0.15, 0.2) is 5.69 Å². The quantitative estimate of drug-likeness (QED) is 0.605. The zero-order valence-corrected chi connectivity index (χ0v) is 18.1. The average molecular weight is 423 g/mol. The summed E-state index contributed by atoms with van der Waals surface area (Å²) in [4.78, 5) is 25.2. The van der Waals surface area contributed by atoms with Gasteiger partial charge in [0.25, 0.3) is 5.91 Å². The van der Waals surface area contributed by atoms with Crippen LogP contribution in [0.3, 0.4) is 0 Å². The number of amides is 2. The smallest absolute Gasteiger partial charge is 0.278 e. The van der Waals surface area contributed by atoms with E-state index in [9.17, 15) is 9.59 Å². The highest BCUT2D eigenvalue weighted by atomic mass is 16.5. The molecule has 0 fully saturated rings. The average Bonchev–Trinajstić information content (AvgIpc) is 3.11. The third-order valence-electron chi connectivity index (χ3n) is 4.98. The Labute approximate surface area is 180 Å². The van der Waals surface area contributed by atoms with Crippen molar-refractivity contribution in [2.45, 2.75) is 27.3 Å². The molecule has 0 aliphatic heterocycles. The molecule has 9 heteroatoms. The van der Waals surface area contributed by atoms with Gasteiger partial charge in [0.1, 0.15) is 18.0 Å². The van der Waals surface area contributed by atoms with Crippen molar-refractivity contribution in [2.24, 2.45) is 0 Å². The summed E-state index contributed by atoms with van der Waals surface area (Å²) in [5, 5.41) is 13.6. The maximum absolute atomic E-state index is 12.7. The molecule has 2 amide bonds. The van der Waals surface area contributed by atoms with Crippen molar-refractivity contribution in [3.8, 4) is 11.5 Å². The van der Waals surface area contributed by atoms with Crippen molar-refractivity contribution in [3.63, 3.8) is 0 Å². The molecule has 0 aliphatic carbocycles. The second kappa shape index (κ2) is 9.29. The lowest BCUT2D eigenvalue weighted by atomic mass is 10.1. The lowest BCUT2D eigenvalue weighted by Gasteiger charge is -2.11. The van der Waals surface area contributed by atoms with Crippen LogP contribution in [0.2, 0.25) is 0 Å². The fourth-order valence-electron chi connectivity index (χ4n) is 3.00. The highest BCUT2D eigenvalue weighted by Crippen LogP contribution is 2.26. The second-order valence-electron chi connectivity index (χ2n) is 7.03. The Morgan fingerprint density at radius 3 is 2.32 bits per heavy atom. The lowest BCUT2D eigenvalue weighted by Crippen LogP contribution is -2.21. The summed E-state index contributed by atoms with van der Waals surface area (Å²) in [6.45, 7) is 5.50. The number of hydrogen-bond donors (Lipinski definition) is 2. The van der Waals surface area contributed by atoms with Gasteiger partial charge in [-0.3, -0.25) is 9.59 Å². The molecular formula is C22H25N5O4. The third-order valence-corrected chi connectivity index (χ3v) is 4.98. The maximum Gasteiger partial charge on any atom is 0.278 e. The van der Waals surface area contributed by atoms with E-state index in [0.29, 0.717) is 28.6 Å². The molecule has 0 saturated heterocycles. The number of hydrogen-bond acceptors (Lipinski definition) is 6. The summed E-state index contributed by atoms with van der Waals surface area (Å²) in [5.74, 6) is 0.397. The molecule has 1 aromatic heterocycles. The molecular weight excluding hydrogens is 398 g/mol. The lowest BCUT2D eigenvalue weighted by molar-refractivity contribution is -0.117. The third kappa shape index (κ3) is 5.00. The number of aromatic nitrogens is 3. The van der Waals surface area contributed by atoms with Crippen molar-refractivity contribution >= 4 is 23.2 Å². The van der Waals surface area contributed by atoms with Gasteiger partial charge in [-0.05, 0) is 38.0 Å². The van der Waals surface area contributed by atoms with Gasteiger partial charge >= 0.3 is 0 Å². The first-order valence-corrected chi connectivity index (χ1v) is 9.63. The summed E-state index contributed by atoms with van der Waals surface area (Å²) >= 11 is 0. The molecule has 0 spiro atoms. The van der Waals surface area contributed by atoms with Crippen LogP contribution in [0.1, 0.15) is 27.3 Å². The number of nitrogens with one attached hydrogen (secondary N) is 2. The number of methoxy groups -OCH3 is 2. The second-order valence-corrected chi connectivity index (χ2v) is 7.03. The predicted octanol–water partition coefficient (Wildman–Crippen LogP) is 3.11. The van der Waals surface area contributed by atoms with E-state index in [1.54, 1.807) is 25.1 Å². The van der Waals surface area contributed by atoms with Crippen molar-refractivity contribution in [3.05, 3.63) is 58.9 Å². The summed E-state index contributed by atoms with van der Waals surface area (Å²) in [6.07, 6.45) is 0. The summed E-state index contributed by atoms with van der Waals surface area (Å²) in [6, 6.07) is 10.7. The summed E-state index contributed by atoms with van der Waals surface area (Å²) in [5.41, 5.74) is 3.94. The van der Waals surface area contributed by atoms with E-state index in [0.717, 1.165) is 11.1 Å². The molecule has 0 aliphatic rings. The number of carbonyl (C=O) groups is 2. The molecule has 162 valence electrons. The van der Waals surface area contributed by atoms with Gasteiger partial charge in [0, 0.05) is 29.6 Å². The Morgan fingerprint density at radius 2 is 1.68 bits per heavy atom. The van der Waals surface area contributed by atoms with Crippen LogP contribution in [-0.4, -0.2) is 41.0 Å². The molecule has 0 unspecified atom stereocenters. The van der Waals surface area contributed by atoms with Gasteiger partial charge in [-0.2, -0.15) is 0 Å². The van der Waals surface area contributed by atoms with Gasteiger partial charge in [0.2, 0.25) is 5.91 Å². The summed E-state index contributed by atoms with van der Waals surface area (Å²) < 4.78 is 11.8. The van der Waals surface area contributed by atoms with E-state index in [1.165, 1.54) is 18.9 Å². The number of benzene rings is 2. The molecule has 0 atom stereocenters. The van der Waals surface area contributed by atoms with E-state index < -0.39 is 0 Å². The van der Waals surface area contributed by atoms with Crippen LogP contribution >= 0.6 is 0 Å². The molecule has 3 rings (SSSR count). The van der Waals surface area contributed by atoms with Crippen molar-refractivity contribution in [1.29, 1.82) is 0 Å². The Morgan fingerprint density at radius 1 is 1.00 bits per heavy atom. The summed E-state index contributed by atoms with van der Waals surface area (Å²) in [7, 11) is 3.06. The number of ether oxygens (including phenoxy) is 2. The van der Waals surface area contributed by atoms with E-state index >= 15 is 0 Å². The maximum atomic E-state index is 12.7. The minimum absolute atomic E-state index is 0.102. The predicted molar refractivity (Wildman–Crippen MR) is 117 cm³/mol. The minimum Gasteiger partial charge on any atom is -0.497 e. The Balaban J connectivity index is 1.70. The van der Waals surface area contributed by atoms with Crippen LogP contribution in [0.15, 0.2) is 36.4 Å². The fraction of sp³-hybridized carbons (Fsp3) is 0.273. The van der Waals surface area contributed by atoms with E-state index in [2.05, 4.69) is 20.9 Å². The molecule has 2 N–H and O–H groups in total. The van der Waals surface area contributed by atoms with Crippen LogP contribution in [0, 0.1) is 20.8 Å². The molecule has 0 saturated carbocycles. The van der Waals surface area contributed by atoms with Gasteiger partial charge in [-0.15, -0.1) is 5.10 Å². The molecule has 2 aromatic carbocycles. The number of carbonyl (C=O) groups excluding carboxylic acids is 2. The van der Waals surface area contributed by atoms with E-state index in [1.807, 2.05) is 32.0 Å². The standard InChI is InChI=1S/C22H25N5O4/c1-13-7-6-8-19(14(13)2)24-22(29)21-15(3)27(26-25-21)12-20(28)23-16-9-17(30-4)11-18(10-16)31-5/h6-11H,12H2,1-5H3,(H,23,28)(H,24,29). The van der Waals surface area contributed by atoms with E-state index in [-0.39, 0.29) is 24.1 Å². The molecule has 0 bridgehead atoms. The molecule has 31 heavy (non-hydrogen) atoms. The number of anilines is 2. The van der Waals surface area contributed by atoms with Crippen LogP contribution in [0.25, 0.3) is 0 Å². The Kier molecular flexibility index (Phi) is 6.54. The highest BCUT2D eigenvalue weighted by Gasteiger charge is 2.19. The van der Waals surface area contributed by atoms with Gasteiger partial charge in [-0.25, -0.2) is 4.68 Å². The largest absolute Gasteiger partial charge is 0.497 e. The van der Waals surface area contributed by atoms with Crippen molar-refractivity contribution in [1.82, 2.24) is 15.0 Å². The minimum atomic E-state index is -0.379. The molecule has 3 aromatic rings. The van der Waals surface area contributed by atoms with Gasteiger partial charge in [0.05, 0.1) is 19.9 Å². The molecule has 1 heterocycles. The SMILES string of the molecule is COc1cc(NC(=O)Cn2nnc(C(=O)Nc3cccc(C)c3C)c2C)cc(OC)c1. The number of rotatable bonds is 7. The van der Waals surface area contributed by atoms with Gasteiger partial charge < -0.3 is 20.1 Å². The first kappa shape index (κ1) is 21.8. The van der Waals surface area contributed by atoms with Crippen LogP contribution in [-0.2, 0) is 11.3 Å². The number of nitrogens with zero attached hydrogens (tertiary/aromatic N) is 3.